The fraction of sp³-hybridized carbons (Fsp3) is 0.923. The van der Waals surface area contributed by atoms with Crippen LogP contribution in [0.15, 0.2) is 0 Å². The van der Waals surface area contributed by atoms with Gasteiger partial charge in [-0.05, 0) is 40.5 Å². The second-order valence-electron chi connectivity index (χ2n) is 6.43. The van der Waals surface area contributed by atoms with Crippen molar-refractivity contribution in [3.8, 4) is 0 Å². The van der Waals surface area contributed by atoms with Crippen LogP contribution < -0.4 is 10.6 Å². The van der Waals surface area contributed by atoms with Gasteiger partial charge >= 0.3 is 0 Å². The van der Waals surface area contributed by atoms with E-state index in [1.54, 1.807) is 0 Å². The molecular formula is C13H24N2O2. The van der Waals surface area contributed by atoms with E-state index in [9.17, 15) is 4.79 Å². The molecule has 2 fully saturated rings. The quantitative estimate of drug-likeness (QED) is 0.779. The van der Waals surface area contributed by atoms with Crippen LogP contribution in [0, 0.1) is 0 Å². The van der Waals surface area contributed by atoms with E-state index < -0.39 is 0 Å². The Hall–Kier alpha value is -0.610. The van der Waals surface area contributed by atoms with E-state index in [0.29, 0.717) is 18.5 Å². The molecular weight excluding hydrogens is 216 g/mol. The van der Waals surface area contributed by atoms with Gasteiger partial charge in [-0.15, -0.1) is 0 Å². The first kappa shape index (κ1) is 12.8. The van der Waals surface area contributed by atoms with Gasteiger partial charge in [0.2, 0.25) is 5.91 Å². The molecule has 2 rings (SSSR count). The summed E-state index contributed by atoms with van der Waals surface area (Å²) in [5, 5.41) is 6.53. The fourth-order valence-electron chi connectivity index (χ4n) is 3.00. The molecule has 4 nitrogen and oxygen atoms in total. The average Bonchev–Trinajstić information content (AvgIpc) is 2.64. The highest BCUT2D eigenvalue weighted by Crippen LogP contribution is 2.37. The Morgan fingerprint density at radius 3 is 2.59 bits per heavy atom. The summed E-state index contributed by atoms with van der Waals surface area (Å²) >= 11 is 0. The van der Waals surface area contributed by atoms with Crippen molar-refractivity contribution >= 4 is 5.91 Å². The van der Waals surface area contributed by atoms with E-state index in [2.05, 4.69) is 38.3 Å². The second kappa shape index (κ2) is 4.25. The number of carbonyl (C=O) groups is 1. The third kappa shape index (κ3) is 2.99. The number of rotatable bonds is 3. The monoisotopic (exact) mass is 240 g/mol. The van der Waals surface area contributed by atoms with Crippen molar-refractivity contribution in [3.63, 3.8) is 0 Å². The first-order chi connectivity index (χ1) is 7.78. The summed E-state index contributed by atoms with van der Waals surface area (Å²) in [7, 11) is 0. The number of nitrogens with one attached hydrogen (secondary N) is 2. The van der Waals surface area contributed by atoms with Crippen LogP contribution in [0.2, 0.25) is 0 Å². The van der Waals surface area contributed by atoms with E-state index >= 15 is 0 Å². The van der Waals surface area contributed by atoms with Gasteiger partial charge < -0.3 is 15.4 Å². The minimum absolute atomic E-state index is 0.0555. The van der Waals surface area contributed by atoms with E-state index in [0.717, 1.165) is 19.4 Å². The Morgan fingerprint density at radius 2 is 2.12 bits per heavy atom. The summed E-state index contributed by atoms with van der Waals surface area (Å²) in [6.45, 7) is 9.38. The van der Waals surface area contributed by atoms with Gasteiger partial charge in [0.1, 0.15) is 0 Å². The molecule has 2 aliphatic rings. The summed E-state index contributed by atoms with van der Waals surface area (Å²) < 4.78 is 6.04. The van der Waals surface area contributed by atoms with Gasteiger partial charge in [0.05, 0.1) is 11.2 Å². The van der Waals surface area contributed by atoms with Gasteiger partial charge in [-0.2, -0.15) is 0 Å². The van der Waals surface area contributed by atoms with Crippen LogP contribution >= 0.6 is 0 Å². The maximum Gasteiger partial charge on any atom is 0.220 e. The molecule has 0 aromatic rings. The van der Waals surface area contributed by atoms with Crippen LogP contribution in [0.3, 0.4) is 0 Å². The molecule has 2 heterocycles. The highest BCUT2D eigenvalue weighted by atomic mass is 16.5. The van der Waals surface area contributed by atoms with Crippen molar-refractivity contribution in [3.05, 3.63) is 0 Å². The Balaban J connectivity index is 1.85. The lowest BCUT2D eigenvalue weighted by Crippen LogP contribution is -2.47. The number of hydrogen-bond donors (Lipinski definition) is 2. The van der Waals surface area contributed by atoms with Gasteiger partial charge in [0.15, 0.2) is 0 Å². The van der Waals surface area contributed by atoms with Crippen LogP contribution in [-0.2, 0) is 9.53 Å². The maximum atomic E-state index is 11.1. The molecule has 2 N–H and O–H groups in total. The van der Waals surface area contributed by atoms with Crippen LogP contribution in [0.4, 0.5) is 0 Å². The van der Waals surface area contributed by atoms with Crippen molar-refractivity contribution in [1.29, 1.82) is 0 Å². The molecule has 0 bridgehead atoms. The minimum atomic E-state index is -0.133. The van der Waals surface area contributed by atoms with Crippen LogP contribution in [0.1, 0.15) is 47.0 Å². The van der Waals surface area contributed by atoms with Gasteiger partial charge in [-0.3, -0.25) is 4.79 Å². The van der Waals surface area contributed by atoms with E-state index in [1.807, 2.05) is 0 Å². The molecule has 0 radical (unpaired) electrons. The van der Waals surface area contributed by atoms with Gasteiger partial charge in [0, 0.05) is 25.0 Å². The smallest absolute Gasteiger partial charge is 0.220 e. The summed E-state index contributed by atoms with van der Waals surface area (Å²) in [5.41, 5.74) is -0.188. The Bertz CT molecular complexity index is 313. The van der Waals surface area contributed by atoms with Crippen LogP contribution in [-0.4, -0.2) is 35.7 Å². The average molecular weight is 240 g/mol. The lowest BCUT2D eigenvalue weighted by molar-refractivity contribution is -0.119. The predicted molar refractivity (Wildman–Crippen MR) is 66.8 cm³/mol. The Morgan fingerprint density at radius 1 is 1.41 bits per heavy atom. The standard InChI is InChI=1S/C13H24N2O2/c1-12(2)7-10(13(3,4)17-12)14-8-9-5-6-11(16)15-9/h9-10,14H,5-8H2,1-4H3,(H,15,16). The van der Waals surface area contributed by atoms with Crippen LogP contribution in [0.25, 0.3) is 0 Å². The van der Waals surface area contributed by atoms with E-state index in [-0.39, 0.29) is 17.1 Å². The second-order valence-corrected chi connectivity index (χ2v) is 6.43. The largest absolute Gasteiger partial charge is 0.368 e. The molecule has 0 aliphatic carbocycles. The topological polar surface area (TPSA) is 50.4 Å². The van der Waals surface area contributed by atoms with Crippen molar-refractivity contribution in [1.82, 2.24) is 10.6 Å². The Kier molecular flexibility index (Phi) is 3.21. The minimum Gasteiger partial charge on any atom is -0.368 e. The summed E-state index contributed by atoms with van der Waals surface area (Å²) in [4.78, 5) is 11.1. The molecule has 2 aliphatic heterocycles. The Labute approximate surface area is 103 Å². The third-order valence-electron chi connectivity index (χ3n) is 3.77. The molecule has 2 saturated heterocycles. The van der Waals surface area contributed by atoms with Crippen molar-refractivity contribution in [2.24, 2.45) is 0 Å². The molecule has 2 unspecified atom stereocenters. The highest BCUT2D eigenvalue weighted by Gasteiger charge is 2.45. The molecule has 1 amide bonds. The van der Waals surface area contributed by atoms with Crippen LogP contribution in [0.5, 0.6) is 0 Å². The number of amides is 1. The number of ether oxygens (including phenoxy) is 1. The third-order valence-corrected chi connectivity index (χ3v) is 3.77. The zero-order chi connectivity index (χ0) is 12.7. The van der Waals surface area contributed by atoms with Gasteiger partial charge in [0.25, 0.3) is 0 Å². The fourth-order valence-corrected chi connectivity index (χ4v) is 3.00. The van der Waals surface area contributed by atoms with Crippen molar-refractivity contribution in [2.75, 3.05) is 6.54 Å². The molecule has 2 atom stereocenters. The summed E-state index contributed by atoms with van der Waals surface area (Å²) in [6, 6.07) is 0.650. The lowest BCUT2D eigenvalue weighted by Gasteiger charge is -2.28. The number of hydrogen-bond acceptors (Lipinski definition) is 3. The predicted octanol–water partition coefficient (Wildman–Crippen LogP) is 1.20. The van der Waals surface area contributed by atoms with Gasteiger partial charge in [-0.25, -0.2) is 0 Å². The maximum absolute atomic E-state index is 11.1. The SMILES string of the molecule is CC1(C)CC(NCC2CCC(=O)N2)C(C)(C)O1. The highest BCUT2D eigenvalue weighted by molar-refractivity contribution is 5.78. The molecule has 17 heavy (non-hydrogen) atoms. The first-order valence-corrected chi connectivity index (χ1v) is 6.51. The van der Waals surface area contributed by atoms with E-state index in [1.165, 1.54) is 0 Å². The normalized spacial score (nSPS) is 34.9. The lowest BCUT2D eigenvalue weighted by atomic mass is 9.94. The molecule has 0 aromatic carbocycles. The van der Waals surface area contributed by atoms with Crippen molar-refractivity contribution < 1.29 is 9.53 Å². The molecule has 0 spiro atoms. The molecule has 4 heteroatoms. The first-order valence-electron chi connectivity index (χ1n) is 6.51. The van der Waals surface area contributed by atoms with Crippen molar-refractivity contribution in [2.45, 2.75) is 70.2 Å². The summed E-state index contributed by atoms with van der Waals surface area (Å²) in [5.74, 6) is 0.180. The molecule has 0 aromatic heterocycles. The zero-order valence-corrected chi connectivity index (χ0v) is 11.3. The summed E-state index contributed by atoms with van der Waals surface area (Å²) in [6.07, 6.45) is 2.63. The molecule has 98 valence electrons. The van der Waals surface area contributed by atoms with E-state index in [4.69, 9.17) is 4.74 Å². The zero-order valence-electron chi connectivity index (χ0n) is 11.3. The number of carbonyl (C=O) groups excluding carboxylic acids is 1. The van der Waals surface area contributed by atoms with Gasteiger partial charge in [-0.1, -0.05) is 0 Å². The molecule has 0 saturated carbocycles.